The number of aromatic nitrogens is 2. The molecule has 0 atom stereocenters. The van der Waals surface area contributed by atoms with Gasteiger partial charge >= 0.3 is 0 Å². The number of rotatable bonds is 13. The second-order valence-corrected chi connectivity index (χ2v) is 34.7. The van der Waals surface area contributed by atoms with Crippen molar-refractivity contribution in [2.45, 2.75) is 0 Å². The van der Waals surface area contributed by atoms with Gasteiger partial charge in [0.05, 0.1) is 33.4 Å². The van der Waals surface area contributed by atoms with E-state index >= 15 is 0 Å². The molecule has 0 fully saturated rings. The van der Waals surface area contributed by atoms with E-state index in [1.54, 1.807) is 0 Å². The van der Waals surface area contributed by atoms with Crippen molar-refractivity contribution >= 4 is 206 Å². The number of para-hydroxylation sites is 6. The van der Waals surface area contributed by atoms with E-state index in [9.17, 15) is 0 Å². The molecule has 6 aromatic heterocycles. The van der Waals surface area contributed by atoms with Crippen LogP contribution < -0.4 is 9.80 Å². The van der Waals surface area contributed by atoms with Crippen molar-refractivity contribution in [3.63, 3.8) is 0 Å². The van der Waals surface area contributed by atoms with Crippen LogP contribution in [-0.2, 0) is 0 Å². The molecule has 0 aliphatic carbocycles. The highest BCUT2D eigenvalue weighted by Crippen LogP contribution is 2.51. The lowest BCUT2D eigenvalue weighted by atomic mass is 9.95. The number of anilines is 6. The van der Waals surface area contributed by atoms with Gasteiger partial charge in [0.15, 0.2) is 0 Å². The van der Waals surface area contributed by atoms with Crippen LogP contribution in [0.4, 0.5) is 34.1 Å². The van der Waals surface area contributed by atoms with E-state index in [2.05, 4.69) is 444 Å². The molecule has 0 amide bonds. The zero-order valence-electron chi connectivity index (χ0n) is 66.8. The number of hydrogen-bond donors (Lipinski definition) is 0. The van der Waals surface area contributed by atoms with E-state index in [-0.39, 0.29) is 0 Å². The van der Waals surface area contributed by atoms with Gasteiger partial charge in [-0.2, -0.15) is 0 Å². The number of fused-ring (bicyclic) bond motifs is 22. The number of furan rings is 2. The lowest BCUT2D eigenvalue weighted by Gasteiger charge is -2.28. The molecule has 26 aromatic rings. The summed E-state index contributed by atoms with van der Waals surface area (Å²) in [7, 11) is 0. The largest absolute Gasteiger partial charge is 0.455 e. The van der Waals surface area contributed by atoms with Gasteiger partial charge in [0.2, 0.25) is 0 Å². The van der Waals surface area contributed by atoms with E-state index < -0.39 is 0 Å². The van der Waals surface area contributed by atoms with Gasteiger partial charge in [-0.3, -0.25) is 0 Å². The molecular weight excluding hydrogens is 1550 g/mol. The molecule has 0 spiro atoms. The summed E-state index contributed by atoms with van der Waals surface area (Å²) in [6, 6.07) is 156. The molecule has 0 saturated carbocycles. The molecule has 20 aromatic carbocycles. The van der Waals surface area contributed by atoms with Crippen LogP contribution in [0, 0.1) is 0 Å². The molecule has 26 rings (SSSR count). The minimum atomic E-state index is 0.843. The fraction of sp³-hybridized carbons (Fsp3) is 0. The molecule has 8 heteroatoms. The Kier molecular flexibility index (Phi) is 15.7. The standard InChI is InChI=1S/C116H70N4O2S2/c1-2-20-85-73(19-1)43-63-97-113-95(28-17-36-107(113)121-115(85)97)91-25-7-10-30-101(91)117(81-53-57-83(58-54-81)119-103-32-12-3-21-87(103)88-22-4-13-33-104(88)119)79-49-39-71(40-50-79)75-47-65-110-99(68-75)100-69-76(48-66-111(100)123-110)74-44-61-86-78(67-74)46-64-98-114-96(29-18-37-108(114)122-116(86)98)92-26-8-11-31-102(92)118(80-51-41-72(42-52-80)77-45-62-94-93-27-9-16-38-109(93)124-112(94)70-77)82-55-59-84(60-56-82)120-105-34-14-5-23-89(105)90-24-6-15-35-106(90)120/h1-70H. The van der Waals surface area contributed by atoms with Crippen LogP contribution >= 0.6 is 22.7 Å². The van der Waals surface area contributed by atoms with Crippen molar-refractivity contribution in [3.8, 4) is 67.0 Å². The first-order chi connectivity index (χ1) is 61.5. The monoisotopic (exact) mass is 1610 g/mol. The Morgan fingerprint density at radius 3 is 1.05 bits per heavy atom. The van der Waals surface area contributed by atoms with Crippen LogP contribution in [0.2, 0.25) is 0 Å². The van der Waals surface area contributed by atoms with E-state index in [1.807, 2.05) is 22.7 Å². The molecular formula is C116H70N4O2S2. The van der Waals surface area contributed by atoms with Gasteiger partial charge in [0, 0.05) is 139 Å². The maximum atomic E-state index is 7.12. The summed E-state index contributed by atoms with van der Waals surface area (Å²) in [5.41, 5.74) is 28.1. The van der Waals surface area contributed by atoms with Gasteiger partial charge in [-0.15, -0.1) is 22.7 Å². The molecule has 0 N–H and O–H groups in total. The maximum Gasteiger partial charge on any atom is 0.143 e. The van der Waals surface area contributed by atoms with Crippen molar-refractivity contribution in [3.05, 3.63) is 425 Å². The average molecular weight is 1620 g/mol. The SMILES string of the molecule is c1ccc(N(c2ccc(-c3ccc4sc5ccc(-c6ccc7c(ccc8c7oc7cccc(-c9ccccc9N(c9ccc(-c%10ccc%11c(c%10)sc%10ccccc%10%11)cc9)c9ccc(-n%10c%11ccccc%11c%11ccccc%11%10)cc9)c78)c6)cc5c4c3)cc2)c2ccc(-n3c4ccccc4c4ccccc43)cc2)c(-c2cccc3oc4c5ccccc5ccc4c23)c1. The first kappa shape index (κ1) is 70.0. The second-order valence-electron chi connectivity index (χ2n) is 32.5. The summed E-state index contributed by atoms with van der Waals surface area (Å²) in [6.07, 6.45) is 0. The second kappa shape index (κ2) is 27.9. The predicted molar refractivity (Wildman–Crippen MR) is 527 cm³/mol. The molecule has 0 aliphatic heterocycles. The topological polar surface area (TPSA) is 42.6 Å². The quantitative estimate of drug-likeness (QED) is 0.115. The average Bonchev–Trinajstić information content (AvgIpc) is 1.41. The van der Waals surface area contributed by atoms with Crippen molar-refractivity contribution < 1.29 is 8.83 Å². The summed E-state index contributed by atoms with van der Waals surface area (Å²) in [5.74, 6) is 0. The number of benzene rings is 20. The van der Waals surface area contributed by atoms with Crippen molar-refractivity contribution in [2.75, 3.05) is 9.80 Å². The molecule has 0 aliphatic rings. The fourth-order valence-electron chi connectivity index (χ4n) is 20.0. The van der Waals surface area contributed by atoms with Gasteiger partial charge in [0.25, 0.3) is 0 Å². The van der Waals surface area contributed by atoms with Crippen LogP contribution in [0.15, 0.2) is 433 Å². The summed E-state index contributed by atoms with van der Waals surface area (Å²) in [6.45, 7) is 0. The Morgan fingerprint density at radius 2 is 0.540 bits per heavy atom. The third-order valence-electron chi connectivity index (χ3n) is 25.7. The normalized spacial score (nSPS) is 12.0. The molecule has 6 nitrogen and oxygen atoms in total. The van der Waals surface area contributed by atoms with Crippen LogP contribution in [-0.4, -0.2) is 9.13 Å². The van der Waals surface area contributed by atoms with E-state index in [0.29, 0.717) is 0 Å². The molecule has 6 heterocycles. The first-order valence-electron chi connectivity index (χ1n) is 42.2. The highest BCUT2D eigenvalue weighted by molar-refractivity contribution is 7.26. The summed E-state index contributed by atoms with van der Waals surface area (Å²) < 4.78 is 23.8. The third kappa shape index (κ3) is 11.0. The number of thiophene rings is 2. The van der Waals surface area contributed by atoms with Crippen molar-refractivity contribution in [1.29, 1.82) is 0 Å². The zero-order chi connectivity index (χ0) is 81.2. The maximum absolute atomic E-state index is 7.12. The van der Waals surface area contributed by atoms with E-state index in [0.717, 1.165) is 155 Å². The molecule has 124 heavy (non-hydrogen) atoms. The van der Waals surface area contributed by atoms with Crippen molar-refractivity contribution in [1.82, 2.24) is 9.13 Å². The molecule has 0 saturated heterocycles. The van der Waals surface area contributed by atoms with Crippen molar-refractivity contribution in [2.24, 2.45) is 0 Å². The van der Waals surface area contributed by atoms with Gasteiger partial charge in [-0.05, 0) is 237 Å². The summed E-state index contributed by atoms with van der Waals surface area (Å²) in [4.78, 5) is 4.84. The minimum absolute atomic E-state index is 0.843. The smallest absolute Gasteiger partial charge is 0.143 e. The Balaban J connectivity index is 0.541. The van der Waals surface area contributed by atoms with Crippen LogP contribution in [0.3, 0.4) is 0 Å². The zero-order valence-corrected chi connectivity index (χ0v) is 68.5. The van der Waals surface area contributed by atoms with Gasteiger partial charge < -0.3 is 27.8 Å². The van der Waals surface area contributed by atoms with E-state index in [4.69, 9.17) is 8.83 Å². The first-order valence-corrected chi connectivity index (χ1v) is 43.9. The van der Waals surface area contributed by atoms with Crippen LogP contribution in [0.1, 0.15) is 0 Å². The van der Waals surface area contributed by atoms with Gasteiger partial charge in [-0.25, -0.2) is 0 Å². The molecule has 0 radical (unpaired) electrons. The minimum Gasteiger partial charge on any atom is -0.455 e. The van der Waals surface area contributed by atoms with Gasteiger partial charge in [-0.1, -0.05) is 243 Å². The number of hydrogen-bond acceptors (Lipinski definition) is 6. The Morgan fingerprint density at radius 1 is 0.202 bits per heavy atom. The Hall–Kier alpha value is -15.8. The lowest BCUT2D eigenvalue weighted by Crippen LogP contribution is -2.11. The molecule has 578 valence electrons. The third-order valence-corrected chi connectivity index (χ3v) is 28.0. The van der Waals surface area contributed by atoms with E-state index in [1.165, 1.54) is 95.1 Å². The highest BCUT2D eigenvalue weighted by atomic mass is 32.1. The molecule has 0 unspecified atom stereocenters. The summed E-state index contributed by atoms with van der Waals surface area (Å²) >= 11 is 3.71. The Labute approximate surface area is 720 Å². The Bertz CT molecular complexity index is 8780. The molecule has 0 bridgehead atoms. The fourth-order valence-corrected chi connectivity index (χ4v) is 22.2. The number of nitrogens with zero attached hydrogens (tertiary/aromatic N) is 4. The predicted octanol–water partition coefficient (Wildman–Crippen LogP) is 34.0. The van der Waals surface area contributed by atoms with Crippen LogP contribution in [0.5, 0.6) is 0 Å². The van der Waals surface area contributed by atoms with Crippen LogP contribution in [0.25, 0.3) is 216 Å². The lowest BCUT2D eigenvalue weighted by molar-refractivity contribution is 0.672. The van der Waals surface area contributed by atoms with Gasteiger partial charge in [0.1, 0.15) is 22.3 Å². The highest BCUT2D eigenvalue weighted by Gasteiger charge is 2.27. The summed E-state index contributed by atoms with van der Waals surface area (Å²) in [5, 5.41) is 18.8.